The van der Waals surface area contributed by atoms with Crippen LogP contribution in [0.4, 0.5) is 0 Å². The van der Waals surface area contributed by atoms with Gasteiger partial charge < -0.3 is 9.62 Å². The van der Waals surface area contributed by atoms with Gasteiger partial charge in [-0.15, -0.1) is 0 Å². The highest BCUT2D eigenvalue weighted by atomic mass is 35.5. The van der Waals surface area contributed by atoms with Crippen molar-refractivity contribution in [3.8, 4) is 11.6 Å². The number of pyridine rings is 1. The Bertz CT molecular complexity index is 501. The molecule has 2 rings (SSSR count). The Labute approximate surface area is 91.0 Å². The Morgan fingerprint density at radius 3 is 2.87 bits per heavy atom. The molecule has 0 saturated heterocycles. The maximum atomic E-state index is 8.62. The summed E-state index contributed by atoms with van der Waals surface area (Å²) in [6.45, 7) is 0. The van der Waals surface area contributed by atoms with Gasteiger partial charge in [0.1, 0.15) is 5.75 Å². The number of nitrogens with zero attached hydrogens (tertiary/aromatic N) is 1. The zero-order chi connectivity index (χ0) is 10.8. The van der Waals surface area contributed by atoms with Gasteiger partial charge in [0.05, 0.1) is 12.1 Å². The first-order valence-electron chi connectivity index (χ1n) is 4.20. The van der Waals surface area contributed by atoms with Gasteiger partial charge in [-0.2, -0.15) is 0 Å². The van der Waals surface area contributed by atoms with E-state index in [1.54, 1.807) is 18.2 Å². The average Bonchev–Trinajstić information content (AvgIpc) is 2.27. The van der Waals surface area contributed by atoms with E-state index in [1.807, 2.05) is 0 Å². The molecule has 0 unspecified atom stereocenters. The van der Waals surface area contributed by atoms with Crippen LogP contribution in [0.25, 0.3) is 10.8 Å². The van der Waals surface area contributed by atoms with Gasteiger partial charge in [0.25, 0.3) is 5.88 Å². The van der Waals surface area contributed by atoms with Gasteiger partial charge in [-0.05, 0) is 23.6 Å². The van der Waals surface area contributed by atoms with Crippen molar-refractivity contribution in [2.45, 2.75) is 0 Å². The molecule has 1 N–H and O–H groups in total. The molecule has 0 aliphatic rings. The van der Waals surface area contributed by atoms with Crippen molar-refractivity contribution in [3.63, 3.8) is 0 Å². The van der Waals surface area contributed by atoms with Crippen LogP contribution in [0.3, 0.4) is 0 Å². The number of hydrogen-bond donors (Lipinski definition) is 1. The fraction of sp³-hybridized carbons (Fsp3) is 0.100. The quantitative estimate of drug-likeness (QED) is 0.631. The molecule has 4 nitrogen and oxygen atoms in total. The lowest BCUT2D eigenvalue weighted by molar-refractivity contribution is -0.140. The van der Waals surface area contributed by atoms with Crippen LogP contribution >= 0.6 is 11.6 Å². The first kappa shape index (κ1) is 10.0. The summed E-state index contributed by atoms with van der Waals surface area (Å²) in [5, 5.41) is 10.5. The van der Waals surface area contributed by atoms with Crippen LogP contribution in [-0.4, -0.2) is 17.4 Å². The second-order valence-corrected chi connectivity index (χ2v) is 3.32. The minimum Gasteiger partial charge on any atom is -0.495 e. The van der Waals surface area contributed by atoms with E-state index < -0.39 is 0 Å². The molecule has 78 valence electrons. The molecule has 1 aromatic heterocycles. The molecule has 0 aliphatic heterocycles. The normalized spacial score (nSPS) is 10.3. The lowest BCUT2D eigenvalue weighted by atomic mass is 10.1. The highest BCUT2D eigenvalue weighted by Crippen LogP contribution is 2.32. The Kier molecular flexibility index (Phi) is 2.62. The maximum absolute atomic E-state index is 8.62. The van der Waals surface area contributed by atoms with E-state index >= 15 is 0 Å². The van der Waals surface area contributed by atoms with Gasteiger partial charge in [0, 0.05) is 11.6 Å². The monoisotopic (exact) mass is 225 g/mol. The third-order valence-electron chi connectivity index (χ3n) is 2.09. The van der Waals surface area contributed by atoms with E-state index in [1.165, 1.54) is 13.3 Å². The van der Waals surface area contributed by atoms with Crippen LogP contribution in [0.1, 0.15) is 0 Å². The van der Waals surface area contributed by atoms with Crippen LogP contribution < -0.4 is 9.62 Å². The largest absolute Gasteiger partial charge is 0.495 e. The molecule has 0 fully saturated rings. The first-order valence-corrected chi connectivity index (χ1v) is 4.57. The lowest BCUT2D eigenvalue weighted by Crippen LogP contribution is -1.90. The van der Waals surface area contributed by atoms with Crippen LogP contribution in [0, 0.1) is 0 Å². The summed E-state index contributed by atoms with van der Waals surface area (Å²) in [6, 6.07) is 5.16. The van der Waals surface area contributed by atoms with Crippen molar-refractivity contribution in [2.24, 2.45) is 0 Å². The molecule has 0 spiro atoms. The Balaban J connectivity index is 2.74. The second kappa shape index (κ2) is 3.92. The number of hydrogen-bond acceptors (Lipinski definition) is 4. The fourth-order valence-electron chi connectivity index (χ4n) is 1.38. The fourth-order valence-corrected chi connectivity index (χ4v) is 1.62. The van der Waals surface area contributed by atoms with E-state index in [4.69, 9.17) is 21.6 Å². The van der Waals surface area contributed by atoms with Crippen LogP contribution in [-0.2, 0) is 0 Å². The smallest absolute Gasteiger partial charge is 0.263 e. The molecule has 1 heterocycles. The summed E-state index contributed by atoms with van der Waals surface area (Å²) in [4.78, 5) is 8.00. The maximum Gasteiger partial charge on any atom is 0.263 e. The zero-order valence-corrected chi connectivity index (χ0v) is 8.65. The van der Waals surface area contributed by atoms with E-state index in [0.717, 1.165) is 5.39 Å². The molecule has 0 aliphatic carbocycles. The molecule has 2 aromatic rings. The summed E-state index contributed by atoms with van der Waals surface area (Å²) in [7, 11) is 1.54. The number of methoxy groups -OCH3 is 1. The van der Waals surface area contributed by atoms with Gasteiger partial charge in [-0.3, -0.25) is 0 Å². The van der Waals surface area contributed by atoms with Gasteiger partial charge >= 0.3 is 0 Å². The number of benzene rings is 1. The lowest BCUT2D eigenvalue weighted by Gasteiger charge is -2.06. The number of aromatic nitrogens is 1. The average molecular weight is 226 g/mol. The second-order valence-electron chi connectivity index (χ2n) is 2.92. The van der Waals surface area contributed by atoms with E-state index in [2.05, 4.69) is 9.87 Å². The van der Waals surface area contributed by atoms with Gasteiger partial charge in [-0.25, -0.2) is 10.2 Å². The predicted molar refractivity (Wildman–Crippen MR) is 56.6 cm³/mol. The Morgan fingerprint density at radius 2 is 2.20 bits per heavy atom. The highest BCUT2D eigenvalue weighted by Gasteiger charge is 2.08. The topological polar surface area (TPSA) is 51.6 Å². The summed E-state index contributed by atoms with van der Waals surface area (Å²) in [6.07, 6.45) is 1.53. The van der Waals surface area contributed by atoms with E-state index in [-0.39, 0.29) is 5.88 Å². The minimum absolute atomic E-state index is 0.122. The van der Waals surface area contributed by atoms with Crippen molar-refractivity contribution in [3.05, 3.63) is 29.4 Å². The molecular weight excluding hydrogens is 218 g/mol. The molecule has 0 atom stereocenters. The highest BCUT2D eigenvalue weighted by molar-refractivity contribution is 6.33. The van der Waals surface area contributed by atoms with Crippen molar-refractivity contribution in [2.75, 3.05) is 7.11 Å². The molecule has 0 bridgehead atoms. The van der Waals surface area contributed by atoms with Gasteiger partial charge in [-0.1, -0.05) is 11.6 Å². The minimum atomic E-state index is 0.122. The molecule has 5 heteroatoms. The number of halogens is 1. The van der Waals surface area contributed by atoms with Crippen molar-refractivity contribution in [1.29, 1.82) is 0 Å². The SMILES string of the molecule is COc1cc2ccnc(OO)c2cc1Cl. The van der Waals surface area contributed by atoms with E-state index in [9.17, 15) is 0 Å². The first-order chi connectivity index (χ1) is 7.26. The van der Waals surface area contributed by atoms with Crippen molar-refractivity contribution >= 4 is 22.4 Å². The van der Waals surface area contributed by atoms with E-state index in [0.29, 0.717) is 16.2 Å². The van der Waals surface area contributed by atoms with Crippen LogP contribution in [0.2, 0.25) is 5.02 Å². The molecule has 0 saturated carbocycles. The standard InChI is InChI=1S/C10H8ClNO3/c1-14-9-4-6-2-3-12-10(15-13)7(6)5-8(9)11/h2-5,13H,1H3. The van der Waals surface area contributed by atoms with Crippen LogP contribution in [0.5, 0.6) is 11.6 Å². The molecule has 15 heavy (non-hydrogen) atoms. The molecule has 0 amide bonds. The number of rotatable bonds is 2. The van der Waals surface area contributed by atoms with Crippen LogP contribution in [0.15, 0.2) is 24.4 Å². The Morgan fingerprint density at radius 1 is 1.40 bits per heavy atom. The third-order valence-corrected chi connectivity index (χ3v) is 2.38. The molecule has 0 radical (unpaired) electrons. The van der Waals surface area contributed by atoms with Crippen molar-refractivity contribution in [1.82, 2.24) is 4.98 Å². The number of fused-ring (bicyclic) bond motifs is 1. The van der Waals surface area contributed by atoms with Gasteiger partial charge in [0.2, 0.25) is 0 Å². The molecular formula is C10H8ClNO3. The zero-order valence-electron chi connectivity index (χ0n) is 7.90. The predicted octanol–water partition coefficient (Wildman–Crippen LogP) is 2.75. The molecule has 1 aromatic carbocycles. The van der Waals surface area contributed by atoms with Crippen molar-refractivity contribution < 1.29 is 14.9 Å². The number of ether oxygens (including phenoxy) is 1. The summed E-state index contributed by atoms with van der Waals surface area (Å²) in [5.41, 5.74) is 0. The Hall–Kier alpha value is -1.52. The van der Waals surface area contributed by atoms with Gasteiger partial charge in [0.15, 0.2) is 0 Å². The summed E-state index contributed by atoms with van der Waals surface area (Å²) < 4.78 is 5.07. The third kappa shape index (κ3) is 1.69. The summed E-state index contributed by atoms with van der Waals surface area (Å²) >= 11 is 5.94. The summed E-state index contributed by atoms with van der Waals surface area (Å²) in [5.74, 6) is 0.691.